The average molecular weight is 379 g/mol. The molecule has 0 bridgehead atoms. The van der Waals surface area contributed by atoms with E-state index in [-0.39, 0.29) is 40.8 Å². The molecule has 0 aliphatic carbocycles. The van der Waals surface area contributed by atoms with Crippen molar-refractivity contribution in [2.45, 2.75) is 59.3 Å². The SMILES string of the molecule is CCCCO[PH](=O)CC(CC)CCCC.[Nd]. The summed E-state index contributed by atoms with van der Waals surface area (Å²) in [7, 11) is -1.75. The maximum absolute atomic E-state index is 11.6. The van der Waals surface area contributed by atoms with Crippen molar-refractivity contribution < 1.29 is 49.9 Å². The summed E-state index contributed by atoms with van der Waals surface area (Å²) >= 11 is 0. The summed E-state index contributed by atoms with van der Waals surface area (Å²) in [5.41, 5.74) is 0. The second-order valence-electron chi connectivity index (χ2n) is 4.19. The van der Waals surface area contributed by atoms with Gasteiger partial charge >= 0.3 is 0 Å². The molecule has 0 aromatic rings. The standard InChI is InChI=1S/C12H27O2P.Nd/c1-4-7-9-12(6-3)11-15(13)14-10-8-5-2;/h12,15H,4-11H2,1-3H3;. The number of unbranched alkanes of at least 4 members (excludes halogenated alkanes) is 2. The van der Waals surface area contributed by atoms with E-state index in [1.54, 1.807) is 0 Å². The normalized spacial score (nSPS) is 14.2. The Bertz CT molecular complexity index is 165. The average Bonchev–Trinajstić information content (AvgIpc) is 2.24. The van der Waals surface area contributed by atoms with Gasteiger partial charge in [-0.2, -0.15) is 0 Å². The molecule has 4 heteroatoms. The molecule has 0 aliphatic rings. The van der Waals surface area contributed by atoms with Gasteiger partial charge in [-0.25, -0.2) is 0 Å². The molecule has 0 spiro atoms. The molecule has 0 saturated heterocycles. The molecule has 0 amide bonds. The Morgan fingerprint density at radius 2 is 1.75 bits per heavy atom. The predicted molar refractivity (Wildman–Crippen MR) is 68.0 cm³/mol. The Kier molecular flexibility index (Phi) is 18.1. The Hall–Kier alpha value is 1.54. The first-order chi connectivity index (χ1) is 7.24. The first-order valence-electron chi connectivity index (χ1n) is 6.40. The third kappa shape index (κ3) is 12.0. The molecule has 0 aromatic heterocycles. The van der Waals surface area contributed by atoms with Crippen LogP contribution in [0.2, 0.25) is 0 Å². The summed E-state index contributed by atoms with van der Waals surface area (Å²) in [6, 6.07) is 0. The van der Waals surface area contributed by atoms with Crippen LogP contribution in [0.5, 0.6) is 0 Å². The van der Waals surface area contributed by atoms with E-state index in [1.807, 2.05) is 0 Å². The first-order valence-corrected chi connectivity index (χ1v) is 7.92. The molecular weight excluding hydrogens is 351 g/mol. The van der Waals surface area contributed by atoms with Crippen molar-refractivity contribution in [2.24, 2.45) is 5.92 Å². The van der Waals surface area contributed by atoms with Gasteiger partial charge in [-0.05, 0) is 18.8 Å². The summed E-state index contributed by atoms with van der Waals surface area (Å²) in [5, 5.41) is 0. The van der Waals surface area contributed by atoms with Crippen LogP contribution >= 0.6 is 8.03 Å². The van der Waals surface area contributed by atoms with E-state index in [9.17, 15) is 4.57 Å². The van der Waals surface area contributed by atoms with E-state index in [2.05, 4.69) is 20.8 Å². The number of hydrogen-bond donors (Lipinski definition) is 0. The van der Waals surface area contributed by atoms with Crippen molar-refractivity contribution in [2.75, 3.05) is 12.8 Å². The zero-order chi connectivity index (χ0) is 11.5. The quantitative estimate of drug-likeness (QED) is 0.413. The summed E-state index contributed by atoms with van der Waals surface area (Å²) in [6.07, 6.45) is 7.76. The van der Waals surface area contributed by atoms with Gasteiger partial charge in [0.15, 0.2) is 8.03 Å². The zero-order valence-corrected chi connectivity index (χ0v) is 15.3. The van der Waals surface area contributed by atoms with Gasteiger partial charge in [0.2, 0.25) is 0 Å². The third-order valence-corrected chi connectivity index (χ3v) is 4.20. The van der Waals surface area contributed by atoms with Crippen molar-refractivity contribution in [3.05, 3.63) is 0 Å². The maximum Gasteiger partial charge on any atom is 0.191 e. The van der Waals surface area contributed by atoms with E-state index >= 15 is 0 Å². The van der Waals surface area contributed by atoms with Crippen LogP contribution in [0.3, 0.4) is 0 Å². The van der Waals surface area contributed by atoms with Gasteiger partial charge in [0.05, 0.1) is 6.61 Å². The van der Waals surface area contributed by atoms with Crippen LogP contribution in [0.1, 0.15) is 59.3 Å². The monoisotopic (exact) mass is 376 g/mol. The molecule has 16 heavy (non-hydrogen) atoms. The van der Waals surface area contributed by atoms with Gasteiger partial charge in [-0.3, -0.25) is 4.57 Å². The molecule has 0 aromatic carbocycles. The molecule has 0 saturated carbocycles. The fourth-order valence-electron chi connectivity index (χ4n) is 1.57. The van der Waals surface area contributed by atoms with Crippen molar-refractivity contribution in [1.29, 1.82) is 0 Å². The molecular formula is C12H27NdO2P. The molecule has 0 heterocycles. The van der Waals surface area contributed by atoms with Crippen LogP contribution in [0, 0.1) is 46.8 Å². The molecule has 2 atom stereocenters. The molecule has 0 N–H and O–H groups in total. The van der Waals surface area contributed by atoms with Crippen molar-refractivity contribution >= 4 is 8.03 Å². The Morgan fingerprint density at radius 1 is 1.12 bits per heavy atom. The van der Waals surface area contributed by atoms with Crippen molar-refractivity contribution in [3.63, 3.8) is 0 Å². The Morgan fingerprint density at radius 3 is 2.25 bits per heavy atom. The second kappa shape index (κ2) is 14.6. The van der Waals surface area contributed by atoms with E-state index in [1.165, 1.54) is 19.3 Å². The minimum absolute atomic E-state index is 0. The van der Waals surface area contributed by atoms with Gasteiger partial charge in [0.1, 0.15) is 0 Å². The van der Waals surface area contributed by atoms with E-state index in [0.29, 0.717) is 12.5 Å². The summed E-state index contributed by atoms with van der Waals surface area (Å²) in [4.78, 5) is 0. The second-order valence-corrected chi connectivity index (χ2v) is 5.64. The Balaban J connectivity index is 0. The van der Waals surface area contributed by atoms with Crippen LogP contribution in [0.25, 0.3) is 0 Å². The summed E-state index contributed by atoms with van der Waals surface area (Å²) in [6.45, 7) is 7.18. The Labute approximate surface area is 135 Å². The van der Waals surface area contributed by atoms with Gasteiger partial charge in [0, 0.05) is 47.0 Å². The molecule has 96 valence electrons. The van der Waals surface area contributed by atoms with E-state index in [0.717, 1.165) is 25.4 Å². The molecule has 2 nitrogen and oxygen atoms in total. The van der Waals surface area contributed by atoms with E-state index < -0.39 is 8.03 Å². The molecule has 2 unspecified atom stereocenters. The van der Waals surface area contributed by atoms with Crippen LogP contribution in [0.4, 0.5) is 0 Å². The van der Waals surface area contributed by atoms with Crippen molar-refractivity contribution in [3.8, 4) is 0 Å². The largest absolute Gasteiger partial charge is 0.330 e. The van der Waals surface area contributed by atoms with Crippen LogP contribution < -0.4 is 0 Å². The molecule has 0 fully saturated rings. The molecule has 0 rings (SSSR count). The third-order valence-electron chi connectivity index (χ3n) is 2.76. The van der Waals surface area contributed by atoms with Gasteiger partial charge in [0.25, 0.3) is 0 Å². The minimum atomic E-state index is -1.75. The number of hydrogen-bond acceptors (Lipinski definition) is 2. The molecule has 0 aliphatic heterocycles. The smallest absolute Gasteiger partial charge is 0.191 e. The maximum atomic E-state index is 11.6. The fourth-order valence-corrected chi connectivity index (χ4v) is 3.02. The van der Waals surface area contributed by atoms with Gasteiger partial charge in [-0.15, -0.1) is 0 Å². The minimum Gasteiger partial charge on any atom is -0.330 e. The predicted octanol–water partition coefficient (Wildman–Crippen LogP) is 4.49. The fraction of sp³-hybridized carbons (Fsp3) is 1.00. The van der Waals surface area contributed by atoms with Crippen LogP contribution in [0.15, 0.2) is 0 Å². The number of rotatable bonds is 10. The topological polar surface area (TPSA) is 26.3 Å². The zero-order valence-electron chi connectivity index (χ0n) is 11.1. The van der Waals surface area contributed by atoms with Gasteiger partial charge < -0.3 is 4.52 Å². The van der Waals surface area contributed by atoms with Crippen LogP contribution in [-0.2, 0) is 9.09 Å². The van der Waals surface area contributed by atoms with Crippen LogP contribution in [-0.4, -0.2) is 12.8 Å². The molecule has 0 radical (unpaired) electrons. The summed E-state index contributed by atoms with van der Waals surface area (Å²) < 4.78 is 17.0. The van der Waals surface area contributed by atoms with Gasteiger partial charge in [-0.1, -0.05) is 46.5 Å². The summed E-state index contributed by atoms with van der Waals surface area (Å²) in [5.74, 6) is 0.609. The first kappa shape index (κ1) is 19.9. The van der Waals surface area contributed by atoms with Crippen molar-refractivity contribution in [1.82, 2.24) is 0 Å². The van der Waals surface area contributed by atoms with E-state index in [4.69, 9.17) is 4.52 Å².